The highest BCUT2D eigenvalue weighted by Gasteiger charge is 2.23. The van der Waals surface area contributed by atoms with E-state index in [1.807, 2.05) is 24.3 Å². The maximum absolute atomic E-state index is 12.1. The highest BCUT2D eigenvalue weighted by Crippen LogP contribution is 2.30. The summed E-state index contributed by atoms with van der Waals surface area (Å²) in [5, 5.41) is 2.68. The van der Waals surface area contributed by atoms with Crippen molar-refractivity contribution in [2.45, 2.75) is 26.9 Å². The zero-order valence-corrected chi connectivity index (χ0v) is 15.0. The van der Waals surface area contributed by atoms with Gasteiger partial charge in [0.1, 0.15) is 29.8 Å². The number of hydrogen-bond acceptors (Lipinski definition) is 6. The number of ether oxygens (including phenoxy) is 3. The van der Waals surface area contributed by atoms with E-state index in [0.29, 0.717) is 35.2 Å². The molecular formula is C19H21NO6. The third-order valence-electron chi connectivity index (χ3n) is 4.19. The molecule has 0 saturated heterocycles. The Bertz CT molecular complexity index is 825. The Kier molecular flexibility index (Phi) is 5.16. The van der Waals surface area contributed by atoms with Crippen LogP contribution in [0.25, 0.3) is 0 Å². The number of esters is 1. The normalized spacial score (nSPS) is 15.4. The number of carbonyl (C=O) groups is 2. The van der Waals surface area contributed by atoms with E-state index < -0.39 is 11.9 Å². The second-order valence-electron chi connectivity index (χ2n) is 6.09. The summed E-state index contributed by atoms with van der Waals surface area (Å²) in [6.45, 7) is 5.47. The molecule has 1 unspecified atom stereocenters. The number of fused-ring (bicyclic) bond motifs is 1. The van der Waals surface area contributed by atoms with E-state index in [-0.39, 0.29) is 19.3 Å². The third kappa shape index (κ3) is 3.82. The van der Waals surface area contributed by atoms with Gasteiger partial charge in [0.25, 0.3) is 5.91 Å². The Morgan fingerprint density at radius 1 is 1.15 bits per heavy atom. The van der Waals surface area contributed by atoms with Crippen LogP contribution in [0.15, 0.2) is 28.7 Å². The van der Waals surface area contributed by atoms with E-state index in [0.717, 1.165) is 5.56 Å². The molecule has 26 heavy (non-hydrogen) atoms. The van der Waals surface area contributed by atoms with Crippen LogP contribution < -0.4 is 14.8 Å². The molecule has 7 nitrogen and oxygen atoms in total. The van der Waals surface area contributed by atoms with Crippen LogP contribution in [0.2, 0.25) is 0 Å². The summed E-state index contributed by atoms with van der Waals surface area (Å²) in [6, 6.07) is 7.35. The third-order valence-corrected chi connectivity index (χ3v) is 4.19. The molecule has 3 rings (SSSR count). The van der Waals surface area contributed by atoms with Crippen LogP contribution in [0.5, 0.6) is 11.5 Å². The first-order valence-corrected chi connectivity index (χ1v) is 8.34. The number of amides is 1. The minimum absolute atomic E-state index is 0.258. The second kappa shape index (κ2) is 7.51. The summed E-state index contributed by atoms with van der Waals surface area (Å²) in [6.07, 6.45) is -0.300. The van der Waals surface area contributed by atoms with Gasteiger partial charge in [0.05, 0.1) is 6.54 Å². The van der Waals surface area contributed by atoms with E-state index in [2.05, 4.69) is 5.32 Å². The van der Waals surface area contributed by atoms with Crippen LogP contribution in [-0.4, -0.2) is 37.7 Å². The Labute approximate surface area is 151 Å². The maximum atomic E-state index is 12.1. The lowest BCUT2D eigenvalue weighted by atomic mass is 10.1. The first kappa shape index (κ1) is 17.8. The fraction of sp³-hybridized carbons (Fsp3) is 0.368. The molecule has 7 heteroatoms. The second-order valence-corrected chi connectivity index (χ2v) is 6.09. The van der Waals surface area contributed by atoms with Crippen molar-refractivity contribution < 1.29 is 28.2 Å². The van der Waals surface area contributed by atoms with Crippen molar-refractivity contribution in [3.8, 4) is 11.5 Å². The van der Waals surface area contributed by atoms with Gasteiger partial charge in [0.2, 0.25) is 0 Å². The molecule has 1 amide bonds. The van der Waals surface area contributed by atoms with Gasteiger partial charge in [-0.1, -0.05) is 12.1 Å². The van der Waals surface area contributed by atoms with Crippen LogP contribution in [0.4, 0.5) is 0 Å². The van der Waals surface area contributed by atoms with Crippen molar-refractivity contribution in [1.82, 2.24) is 5.32 Å². The van der Waals surface area contributed by atoms with Gasteiger partial charge in [-0.3, -0.25) is 4.79 Å². The average Bonchev–Trinajstić information content (AvgIpc) is 2.89. The monoisotopic (exact) mass is 359 g/mol. The molecule has 1 atom stereocenters. The van der Waals surface area contributed by atoms with Gasteiger partial charge in [-0.05, 0) is 32.9 Å². The van der Waals surface area contributed by atoms with Gasteiger partial charge in [-0.25, -0.2) is 4.79 Å². The first-order chi connectivity index (χ1) is 12.5. The van der Waals surface area contributed by atoms with Crippen molar-refractivity contribution >= 4 is 11.9 Å². The maximum Gasteiger partial charge on any atom is 0.342 e. The van der Waals surface area contributed by atoms with E-state index in [9.17, 15) is 9.59 Å². The Morgan fingerprint density at radius 2 is 1.88 bits per heavy atom. The molecule has 1 aliphatic rings. The lowest BCUT2D eigenvalue weighted by molar-refractivity contribution is -0.124. The minimum Gasteiger partial charge on any atom is -0.486 e. The molecule has 0 saturated carbocycles. The highest BCUT2D eigenvalue weighted by atomic mass is 16.6. The molecule has 2 heterocycles. The number of aryl methyl sites for hydroxylation is 2. The first-order valence-electron chi connectivity index (χ1n) is 8.34. The molecule has 0 radical (unpaired) electrons. The lowest BCUT2D eigenvalue weighted by Gasteiger charge is -2.26. The number of benzene rings is 1. The van der Waals surface area contributed by atoms with Gasteiger partial charge >= 0.3 is 5.97 Å². The van der Waals surface area contributed by atoms with Gasteiger partial charge in [0, 0.05) is 5.56 Å². The number of para-hydroxylation sites is 2. The minimum atomic E-state index is -0.571. The smallest absolute Gasteiger partial charge is 0.342 e. The van der Waals surface area contributed by atoms with Crippen molar-refractivity contribution in [1.29, 1.82) is 0 Å². The molecular weight excluding hydrogens is 338 g/mol. The summed E-state index contributed by atoms with van der Waals surface area (Å²) >= 11 is 0. The Morgan fingerprint density at radius 3 is 2.58 bits per heavy atom. The van der Waals surface area contributed by atoms with E-state index in [1.165, 1.54) is 0 Å². The van der Waals surface area contributed by atoms with Gasteiger partial charge in [-0.15, -0.1) is 0 Å². The number of rotatable bonds is 5. The summed E-state index contributed by atoms with van der Waals surface area (Å²) in [5.41, 5.74) is 1.09. The van der Waals surface area contributed by atoms with Crippen molar-refractivity contribution in [2.75, 3.05) is 19.8 Å². The van der Waals surface area contributed by atoms with Crippen molar-refractivity contribution in [3.05, 3.63) is 46.9 Å². The fourth-order valence-electron chi connectivity index (χ4n) is 2.74. The topological polar surface area (TPSA) is 87.0 Å². The molecule has 1 aromatic heterocycles. The summed E-state index contributed by atoms with van der Waals surface area (Å²) in [5.74, 6) is 1.50. The average molecular weight is 359 g/mol. The SMILES string of the molecule is Cc1oc(C)c(C(=O)OCC(=O)NCC2COc3ccccc3O2)c1C. The van der Waals surface area contributed by atoms with Crippen LogP contribution in [0.1, 0.15) is 27.4 Å². The Balaban J connectivity index is 1.46. The summed E-state index contributed by atoms with van der Waals surface area (Å²) in [4.78, 5) is 24.1. The van der Waals surface area contributed by atoms with E-state index in [4.69, 9.17) is 18.6 Å². The number of nitrogens with one attached hydrogen (secondary N) is 1. The number of furan rings is 1. The lowest BCUT2D eigenvalue weighted by Crippen LogP contribution is -2.42. The van der Waals surface area contributed by atoms with Crippen LogP contribution >= 0.6 is 0 Å². The number of carbonyl (C=O) groups excluding carboxylic acids is 2. The molecule has 0 fully saturated rings. The zero-order valence-electron chi connectivity index (χ0n) is 15.0. The molecule has 1 aromatic carbocycles. The molecule has 0 aliphatic carbocycles. The predicted molar refractivity (Wildman–Crippen MR) is 92.6 cm³/mol. The van der Waals surface area contributed by atoms with Crippen molar-refractivity contribution in [2.24, 2.45) is 0 Å². The molecule has 2 aromatic rings. The van der Waals surface area contributed by atoms with Crippen LogP contribution in [0, 0.1) is 20.8 Å². The molecule has 0 spiro atoms. The van der Waals surface area contributed by atoms with E-state index in [1.54, 1.807) is 20.8 Å². The highest BCUT2D eigenvalue weighted by molar-refractivity contribution is 5.93. The fourth-order valence-corrected chi connectivity index (χ4v) is 2.74. The standard InChI is InChI=1S/C19H21NO6/c1-11-12(2)25-13(3)18(11)19(22)24-10-17(21)20-8-14-9-23-15-6-4-5-7-16(15)26-14/h4-7,14H,8-10H2,1-3H3,(H,20,21). The van der Waals surface area contributed by atoms with Gasteiger partial charge in [0.15, 0.2) is 18.1 Å². The molecule has 1 N–H and O–H groups in total. The summed E-state index contributed by atoms with van der Waals surface area (Å²) in [7, 11) is 0. The van der Waals surface area contributed by atoms with Gasteiger partial charge < -0.3 is 23.9 Å². The largest absolute Gasteiger partial charge is 0.486 e. The van der Waals surface area contributed by atoms with Crippen molar-refractivity contribution in [3.63, 3.8) is 0 Å². The molecule has 138 valence electrons. The predicted octanol–water partition coefficient (Wildman–Crippen LogP) is 2.32. The van der Waals surface area contributed by atoms with E-state index >= 15 is 0 Å². The quantitative estimate of drug-likeness (QED) is 0.825. The molecule has 1 aliphatic heterocycles. The van der Waals surface area contributed by atoms with Gasteiger partial charge in [-0.2, -0.15) is 0 Å². The molecule has 0 bridgehead atoms. The zero-order chi connectivity index (χ0) is 18.7. The Hall–Kier alpha value is -2.96. The van der Waals surface area contributed by atoms with Crippen LogP contribution in [-0.2, 0) is 9.53 Å². The summed E-state index contributed by atoms with van der Waals surface area (Å²) < 4.78 is 21.8. The number of hydrogen-bond donors (Lipinski definition) is 1. The van der Waals surface area contributed by atoms with Crippen LogP contribution in [0.3, 0.4) is 0 Å².